The molecule has 0 bridgehead atoms. The lowest BCUT2D eigenvalue weighted by molar-refractivity contribution is -0.122. The van der Waals surface area contributed by atoms with Gasteiger partial charge in [0, 0.05) is 18.7 Å². The van der Waals surface area contributed by atoms with Crippen molar-refractivity contribution in [3.63, 3.8) is 0 Å². The van der Waals surface area contributed by atoms with Crippen molar-refractivity contribution in [1.82, 2.24) is 4.90 Å². The van der Waals surface area contributed by atoms with Gasteiger partial charge in [-0.15, -0.1) is 0 Å². The summed E-state index contributed by atoms with van der Waals surface area (Å²) in [6.45, 7) is 2.89. The van der Waals surface area contributed by atoms with Crippen molar-refractivity contribution in [2.75, 3.05) is 31.6 Å². The second kappa shape index (κ2) is 4.78. The first kappa shape index (κ1) is 9.07. The monoisotopic (exact) mass is 173 g/mol. The quantitative estimate of drug-likeness (QED) is 0.635. The summed E-state index contributed by atoms with van der Waals surface area (Å²) < 4.78 is 0. The molecule has 1 rings (SSSR count). The summed E-state index contributed by atoms with van der Waals surface area (Å²) in [5.74, 6) is 1.56. The fraction of sp³-hybridized carbons (Fsp3) is 0.875. The summed E-state index contributed by atoms with van der Waals surface area (Å²) >= 11 is 1.84. The summed E-state index contributed by atoms with van der Waals surface area (Å²) in [4.78, 5) is 13.2. The van der Waals surface area contributed by atoms with Crippen LogP contribution in [-0.4, -0.2) is 42.3 Å². The second-order valence-corrected chi connectivity index (χ2v) is 3.90. The molecular formula is C8H15NOS. The summed E-state index contributed by atoms with van der Waals surface area (Å²) in [5, 5.41) is 0. The maximum Gasteiger partial charge on any atom is 0.146 e. The van der Waals surface area contributed by atoms with Gasteiger partial charge in [0.05, 0.1) is 6.54 Å². The van der Waals surface area contributed by atoms with Crippen LogP contribution in [0.4, 0.5) is 0 Å². The standard InChI is InChI=1S/C8H15NOS/c1-11-6-5-9-4-2-3-8(10)7-9/h2-7H2,1H3. The van der Waals surface area contributed by atoms with Crippen LogP contribution in [0.15, 0.2) is 0 Å². The van der Waals surface area contributed by atoms with E-state index >= 15 is 0 Å². The predicted octanol–water partition coefficient (Wildman–Crippen LogP) is 1.01. The number of hydrogen-bond acceptors (Lipinski definition) is 3. The SMILES string of the molecule is CSCCN1CCCC(=O)C1. The minimum atomic E-state index is 0.414. The van der Waals surface area contributed by atoms with Crippen LogP contribution >= 0.6 is 11.8 Å². The highest BCUT2D eigenvalue weighted by Gasteiger charge is 2.15. The molecule has 0 amide bonds. The number of piperidine rings is 1. The van der Waals surface area contributed by atoms with E-state index in [1.54, 1.807) is 0 Å². The first-order valence-electron chi connectivity index (χ1n) is 4.06. The predicted molar refractivity (Wildman–Crippen MR) is 49.1 cm³/mol. The molecule has 1 aliphatic rings. The first-order valence-corrected chi connectivity index (χ1v) is 5.45. The molecule has 3 heteroatoms. The minimum absolute atomic E-state index is 0.414. The van der Waals surface area contributed by atoms with Crippen molar-refractivity contribution in [2.45, 2.75) is 12.8 Å². The van der Waals surface area contributed by atoms with Gasteiger partial charge >= 0.3 is 0 Å². The smallest absolute Gasteiger partial charge is 0.146 e. The van der Waals surface area contributed by atoms with Gasteiger partial charge in [-0.25, -0.2) is 0 Å². The zero-order chi connectivity index (χ0) is 8.10. The highest BCUT2D eigenvalue weighted by molar-refractivity contribution is 7.98. The van der Waals surface area contributed by atoms with E-state index in [-0.39, 0.29) is 0 Å². The Bertz CT molecular complexity index is 138. The summed E-state index contributed by atoms with van der Waals surface area (Å²) in [5.41, 5.74) is 0. The normalized spacial score (nSPS) is 20.6. The van der Waals surface area contributed by atoms with Crippen molar-refractivity contribution in [3.05, 3.63) is 0 Å². The largest absolute Gasteiger partial charge is 0.298 e. The Morgan fingerprint density at radius 1 is 1.64 bits per heavy atom. The second-order valence-electron chi connectivity index (χ2n) is 2.91. The molecule has 0 spiro atoms. The van der Waals surface area contributed by atoms with Gasteiger partial charge in [0.25, 0.3) is 0 Å². The maximum absolute atomic E-state index is 11.0. The number of carbonyl (C=O) groups excluding carboxylic acids is 1. The molecule has 0 saturated carbocycles. The van der Waals surface area contributed by atoms with Crippen LogP contribution in [0.5, 0.6) is 0 Å². The molecule has 1 aliphatic heterocycles. The van der Waals surface area contributed by atoms with Gasteiger partial charge in [-0.05, 0) is 19.2 Å². The average molecular weight is 173 g/mol. The molecule has 1 saturated heterocycles. The molecule has 64 valence electrons. The molecule has 11 heavy (non-hydrogen) atoms. The molecule has 2 nitrogen and oxygen atoms in total. The number of likely N-dealkylation sites (tertiary alicyclic amines) is 1. The van der Waals surface area contributed by atoms with Crippen molar-refractivity contribution < 1.29 is 4.79 Å². The van der Waals surface area contributed by atoms with E-state index in [0.717, 1.165) is 31.7 Å². The molecule has 1 heterocycles. The Hall–Kier alpha value is -0.0200. The molecule has 0 aromatic heterocycles. The van der Waals surface area contributed by atoms with E-state index < -0.39 is 0 Å². The minimum Gasteiger partial charge on any atom is -0.298 e. The maximum atomic E-state index is 11.0. The average Bonchev–Trinajstić information content (AvgIpc) is 2.01. The molecule has 0 aliphatic carbocycles. The lowest BCUT2D eigenvalue weighted by Crippen LogP contribution is -2.36. The van der Waals surface area contributed by atoms with Crippen LogP contribution < -0.4 is 0 Å². The van der Waals surface area contributed by atoms with Gasteiger partial charge in [-0.3, -0.25) is 9.69 Å². The van der Waals surface area contributed by atoms with Crippen LogP contribution in [-0.2, 0) is 4.79 Å². The number of rotatable bonds is 3. The topological polar surface area (TPSA) is 20.3 Å². The van der Waals surface area contributed by atoms with E-state index in [9.17, 15) is 4.79 Å². The zero-order valence-corrected chi connectivity index (χ0v) is 7.82. The molecule has 0 aromatic carbocycles. The van der Waals surface area contributed by atoms with Crippen molar-refractivity contribution in [2.24, 2.45) is 0 Å². The Kier molecular flexibility index (Phi) is 3.94. The molecule has 0 N–H and O–H groups in total. The van der Waals surface area contributed by atoms with E-state index in [1.807, 2.05) is 11.8 Å². The summed E-state index contributed by atoms with van der Waals surface area (Å²) in [6, 6.07) is 0. The fourth-order valence-corrected chi connectivity index (χ4v) is 1.76. The van der Waals surface area contributed by atoms with Gasteiger partial charge in [-0.2, -0.15) is 11.8 Å². The van der Waals surface area contributed by atoms with Gasteiger partial charge < -0.3 is 0 Å². The lowest BCUT2D eigenvalue weighted by atomic mass is 10.1. The molecule has 0 aromatic rings. The summed E-state index contributed by atoms with van der Waals surface area (Å²) in [6.07, 6.45) is 3.97. The van der Waals surface area contributed by atoms with Gasteiger partial charge in [-0.1, -0.05) is 0 Å². The van der Waals surface area contributed by atoms with E-state index in [2.05, 4.69) is 11.2 Å². The Labute approximate surface area is 72.3 Å². The molecule has 0 unspecified atom stereocenters. The zero-order valence-electron chi connectivity index (χ0n) is 7.01. The van der Waals surface area contributed by atoms with Crippen LogP contribution in [0, 0.1) is 0 Å². The third kappa shape index (κ3) is 3.25. The molecule has 1 fully saturated rings. The van der Waals surface area contributed by atoms with Crippen LogP contribution in [0.1, 0.15) is 12.8 Å². The molecular weight excluding hydrogens is 158 g/mol. The van der Waals surface area contributed by atoms with Crippen molar-refractivity contribution in [1.29, 1.82) is 0 Å². The van der Waals surface area contributed by atoms with Crippen LogP contribution in [0.25, 0.3) is 0 Å². The van der Waals surface area contributed by atoms with Crippen molar-refractivity contribution >= 4 is 17.5 Å². The Morgan fingerprint density at radius 3 is 3.09 bits per heavy atom. The number of hydrogen-bond donors (Lipinski definition) is 0. The first-order chi connectivity index (χ1) is 5.33. The fourth-order valence-electron chi connectivity index (χ4n) is 1.32. The van der Waals surface area contributed by atoms with Crippen molar-refractivity contribution in [3.8, 4) is 0 Å². The lowest BCUT2D eigenvalue weighted by Gasteiger charge is -2.24. The van der Waals surface area contributed by atoms with Gasteiger partial charge in [0.2, 0.25) is 0 Å². The van der Waals surface area contributed by atoms with E-state index in [4.69, 9.17) is 0 Å². The third-order valence-electron chi connectivity index (χ3n) is 1.94. The van der Waals surface area contributed by atoms with E-state index in [0.29, 0.717) is 12.3 Å². The molecule has 0 radical (unpaired) electrons. The van der Waals surface area contributed by atoms with Gasteiger partial charge in [0.1, 0.15) is 5.78 Å². The van der Waals surface area contributed by atoms with Crippen LogP contribution in [0.3, 0.4) is 0 Å². The molecule has 0 atom stereocenters. The summed E-state index contributed by atoms with van der Waals surface area (Å²) in [7, 11) is 0. The number of thioether (sulfide) groups is 1. The van der Waals surface area contributed by atoms with Crippen LogP contribution in [0.2, 0.25) is 0 Å². The van der Waals surface area contributed by atoms with E-state index in [1.165, 1.54) is 0 Å². The highest BCUT2D eigenvalue weighted by Crippen LogP contribution is 2.06. The number of nitrogens with zero attached hydrogens (tertiary/aromatic N) is 1. The highest BCUT2D eigenvalue weighted by atomic mass is 32.2. The third-order valence-corrected chi connectivity index (χ3v) is 2.53. The van der Waals surface area contributed by atoms with Gasteiger partial charge in [0.15, 0.2) is 0 Å². The number of Topliss-reactive ketones (excluding diaryl/α,β-unsaturated/α-hetero) is 1. The number of carbonyl (C=O) groups is 1. The Balaban J connectivity index is 2.17. The number of ketones is 1. The Morgan fingerprint density at radius 2 is 2.45 bits per heavy atom.